The van der Waals surface area contributed by atoms with Crippen LogP contribution in [0.15, 0.2) is 52.3 Å². The summed E-state index contributed by atoms with van der Waals surface area (Å²) in [5.41, 5.74) is 1.77. The molecule has 2 heterocycles. The fourth-order valence-electron chi connectivity index (χ4n) is 3.83. The number of nitrogens with zero attached hydrogens (tertiary/aromatic N) is 2. The van der Waals surface area contributed by atoms with Gasteiger partial charge in [0.15, 0.2) is 0 Å². The lowest BCUT2D eigenvalue weighted by atomic mass is 10.2. The number of ether oxygens (including phenoxy) is 1. The van der Waals surface area contributed by atoms with Crippen molar-refractivity contribution < 1.29 is 13.2 Å². The van der Waals surface area contributed by atoms with Crippen LogP contribution >= 0.6 is 11.8 Å². The third-order valence-corrected chi connectivity index (χ3v) is 8.32. The zero-order chi connectivity index (χ0) is 20.3. The van der Waals surface area contributed by atoms with Crippen LogP contribution in [0.3, 0.4) is 0 Å². The van der Waals surface area contributed by atoms with Crippen molar-refractivity contribution in [1.82, 2.24) is 4.90 Å². The van der Waals surface area contributed by atoms with Gasteiger partial charge in [0.2, 0.25) is 0 Å². The van der Waals surface area contributed by atoms with Gasteiger partial charge in [0.25, 0.3) is 10.0 Å². The molecule has 1 saturated heterocycles. The van der Waals surface area contributed by atoms with Crippen LogP contribution in [0.4, 0.5) is 5.69 Å². The molecule has 156 valence electrons. The van der Waals surface area contributed by atoms with Gasteiger partial charge >= 0.3 is 0 Å². The maximum Gasteiger partial charge on any atom is 0.264 e. The molecule has 0 radical (unpaired) electrons. The van der Waals surface area contributed by atoms with Gasteiger partial charge in [0.05, 0.1) is 17.2 Å². The zero-order valence-corrected chi connectivity index (χ0v) is 18.5. The lowest BCUT2D eigenvalue weighted by Gasteiger charge is -2.30. The number of sulfonamides is 1. The highest BCUT2D eigenvalue weighted by Crippen LogP contribution is 2.40. The molecule has 0 aromatic heterocycles. The fourth-order valence-corrected chi connectivity index (χ4v) is 6.46. The monoisotopic (exact) mass is 432 g/mol. The molecule has 7 heteroatoms. The van der Waals surface area contributed by atoms with Gasteiger partial charge in [-0.05, 0) is 63.5 Å². The molecule has 0 amide bonds. The van der Waals surface area contributed by atoms with Crippen LogP contribution in [0.1, 0.15) is 24.8 Å². The normalized spacial score (nSPS) is 17.3. The third-order valence-electron chi connectivity index (χ3n) is 5.45. The summed E-state index contributed by atoms with van der Waals surface area (Å²) in [5.74, 6) is 1.48. The Labute approximate surface area is 178 Å². The lowest BCUT2D eigenvalue weighted by Crippen LogP contribution is -2.35. The summed E-state index contributed by atoms with van der Waals surface area (Å²) < 4.78 is 34.0. The summed E-state index contributed by atoms with van der Waals surface area (Å²) in [5, 5.41) is 0. The highest BCUT2D eigenvalue weighted by Gasteiger charge is 2.29. The molecule has 29 heavy (non-hydrogen) atoms. The Balaban J connectivity index is 1.48. The first-order valence-corrected chi connectivity index (χ1v) is 12.7. The van der Waals surface area contributed by atoms with Crippen LogP contribution in [-0.2, 0) is 10.0 Å². The van der Waals surface area contributed by atoms with E-state index in [1.807, 2.05) is 37.3 Å². The summed E-state index contributed by atoms with van der Waals surface area (Å²) in [6, 6.07) is 12.9. The van der Waals surface area contributed by atoms with Crippen LogP contribution in [0.5, 0.6) is 5.75 Å². The molecule has 0 bridgehead atoms. The van der Waals surface area contributed by atoms with E-state index in [1.165, 1.54) is 30.2 Å². The summed E-state index contributed by atoms with van der Waals surface area (Å²) in [6.07, 6.45) is 3.58. The molecule has 0 aliphatic carbocycles. The summed E-state index contributed by atoms with van der Waals surface area (Å²) in [4.78, 5) is 3.79. The zero-order valence-electron chi connectivity index (χ0n) is 16.8. The fraction of sp³-hybridized carbons (Fsp3) is 0.455. The number of hydrogen-bond acceptors (Lipinski definition) is 5. The summed E-state index contributed by atoms with van der Waals surface area (Å²) in [7, 11) is -3.59. The highest BCUT2D eigenvalue weighted by atomic mass is 32.2. The molecule has 0 saturated carbocycles. The summed E-state index contributed by atoms with van der Waals surface area (Å²) >= 11 is 1.69. The maximum absolute atomic E-state index is 13.3. The van der Waals surface area contributed by atoms with Crippen molar-refractivity contribution in [2.45, 2.75) is 36.0 Å². The van der Waals surface area contributed by atoms with Crippen molar-refractivity contribution in [2.24, 2.45) is 0 Å². The Hall–Kier alpha value is -1.70. The molecule has 1 fully saturated rings. The van der Waals surface area contributed by atoms with Crippen LogP contribution in [0.25, 0.3) is 0 Å². The van der Waals surface area contributed by atoms with E-state index in [-0.39, 0.29) is 0 Å². The van der Waals surface area contributed by atoms with Crippen LogP contribution < -0.4 is 9.04 Å². The SMILES string of the molecule is Cc1ccc(S(=O)(=O)N2CCSc3ccc(OCCCN4CCCC4)cc32)cc1. The van der Waals surface area contributed by atoms with Crippen molar-refractivity contribution in [2.75, 3.05) is 42.8 Å². The number of benzene rings is 2. The van der Waals surface area contributed by atoms with Gasteiger partial charge in [-0.2, -0.15) is 0 Å². The predicted molar refractivity (Wildman–Crippen MR) is 119 cm³/mol. The average molecular weight is 433 g/mol. The van der Waals surface area contributed by atoms with Gasteiger partial charge in [0, 0.05) is 29.8 Å². The smallest absolute Gasteiger partial charge is 0.264 e. The second-order valence-corrected chi connectivity index (χ2v) is 10.6. The van der Waals surface area contributed by atoms with E-state index in [4.69, 9.17) is 4.74 Å². The number of rotatable bonds is 7. The molecule has 2 aliphatic rings. The van der Waals surface area contributed by atoms with E-state index in [0.717, 1.165) is 40.6 Å². The largest absolute Gasteiger partial charge is 0.493 e. The molecule has 5 nitrogen and oxygen atoms in total. The van der Waals surface area contributed by atoms with Crippen LogP contribution in [0, 0.1) is 6.92 Å². The van der Waals surface area contributed by atoms with Gasteiger partial charge in [-0.1, -0.05) is 17.7 Å². The van der Waals surface area contributed by atoms with Crippen molar-refractivity contribution >= 4 is 27.5 Å². The predicted octanol–water partition coefficient (Wildman–Crippen LogP) is 4.16. The van der Waals surface area contributed by atoms with E-state index in [1.54, 1.807) is 23.9 Å². The lowest BCUT2D eigenvalue weighted by molar-refractivity contribution is 0.263. The first-order valence-electron chi connectivity index (χ1n) is 10.3. The molecule has 2 aromatic rings. The van der Waals surface area contributed by atoms with Gasteiger partial charge in [-0.15, -0.1) is 11.8 Å². The Bertz CT molecular complexity index is 939. The van der Waals surface area contributed by atoms with Crippen molar-refractivity contribution in [3.8, 4) is 5.75 Å². The average Bonchev–Trinajstić information content (AvgIpc) is 3.24. The number of likely N-dealkylation sites (tertiary alicyclic amines) is 1. The number of anilines is 1. The Morgan fingerprint density at radius 2 is 1.79 bits per heavy atom. The Morgan fingerprint density at radius 1 is 1.03 bits per heavy atom. The minimum Gasteiger partial charge on any atom is -0.493 e. The van der Waals surface area contributed by atoms with Crippen molar-refractivity contribution in [3.05, 3.63) is 48.0 Å². The Morgan fingerprint density at radius 3 is 2.55 bits per heavy atom. The number of hydrogen-bond donors (Lipinski definition) is 0. The molecule has 0 atom stereocenters. The minimum absolute atomic E-state index is 0.331. The topological polar surface area (TPSA) is 49.9 Å². The standard InChI is InChI=1S/C22H28N2O3S2/c1-18-5-8-20(9-6-18)29(25,26)24-14-16-28-22-10-7-19(17-21(22)24)27-15-4-13-23-11-2-3-12-23/h5-10,17H,2-4,11-16H2,1H3. The van der Waals surface area contributed by atoms with Gasteiger partial charge in [0.1, 0.15) is 5.75 Å². The van der Waals surface area contributed by atoms with Gasteiger partial charge < -0.3 is 9.64 Å². The van der Waals surface area contributed by atoms with E-state index in [0.29, 0.717) is 18.0 Å². The third kappa shape index (κ3) is 4.73. The molecular formula is C22H28N2O3S2. The number of aryl methyl sites for hydroxylation is 1. The quantitative estimate of drug-likeness (QED) is 0.615. The molecule has 0 spiro atoms. The van der Waals surface area contributed by atoms with Gasteiger partial charge in [-0.3, -0.25) is 4.31 Å². The van der Waals surface area contributed by atoms with Crippen LogP contribution in [0.2, 0.25) is 0 Å². The highest BCUT2D eigenvalue weighted by molar-refractivity contribution is 8.00. The van der Waals surface area contributed by atoms with E-state index >= 15 is 0 Å². The number of thioether (sulfide) groups is 1. The Kier molecular flexibility index (Phi) is 6.37. The molecule has 4 rings (SSSR count). The van der Waals surface area contributed by atoms with Crippen molar-refractivity contribution in [1.29, 1.82) is 0 Å². The second kappa shape index (κ2) is 8.98. The molecular weight excluding hydrogens is 404 g/mol. The van der Waals surface area contributed by atoms with Gasteiger partial charge in [-0.25, -0.2) is 8.42 Å². The van der Waals surface area contributed by atoms with E-state index < -0.39 is 10.0 Å². The first kappa shape index (κ1) is 20.6. The molecule has 2 aliphatic heterocycles. The summed E-state index contributed by atoms with van der Waals surface area (Å²) in [6.45, 7) is 6.52. The molecule has 0 N–H and O–H groups in total. The maximum atomic E-state index is 13.3. The van der Waals surface area contributed by atoms with E-state index in [2.05, 4.69) is 4.90 Å². The van der Waals surface area contributed by atoms with Crippen molar-refractivity contribution in [3.63, 3.8) is 0 Å². The second-order valence-electron chi connectivity index (χ2n) is 7.62. The first-order chi connectivity index (χ1) is 14.0. The molecule has 2 aromatic carbocycles. The van der Waals surface area contributed by atoms with Crippen LogP contribution in [-0.4, -0.2) is 51.9 Å². The molecule has 0 unspecified atom stereocenters. The van der Waals surface area contributed by atoms with E-state index in [9.17, 15) is 8.42 Å². The number of fused-ring (bicyclic) bond motifs is 1. The minimum atomic E-state index is -3.59.